The van der Waals surface area contributed by atoms with Gasteiger partial charge in [-0.2, -0.15) is 10.2 Å². The molecule has 28 heteroatoms. The van der Waals surface area contributed by atoms with E-state index < -0.39 is 13.2 Å². The van der Waals surface area contributed by atoms with Crippen molar-refractivity contribution < 1.29 is 38.5 Å². The second-order valence-corrected chi connectivity index (χ2v) is 25.8. The highest BCUT2D eigenvalue weighted by Gasteiger charge is 2.25. The Morgan fingerprint density at radius 3 is 1.37 bits per heavy atom. The first-order chi connectivity index (χ1) is 53.3. The normalized spacial score (nSPS) is 12.6. The fraction of sp³-hybridized carbons (Fsp3) is 0.110. The van der Waals surface area contributed by atoms with Crippen LogP contribution in [0.2, 0.25) is 10.2 Å². The minimum Gasteiger partial charge on any atom is -0.454 e. The van der Waals surface area contributed by atoms with Crippen molar-refractivity contribution in [3.05, 3.63) is 306 Å². The lowest BCUT2D eigenvalue weighted by molar-refractivity contribution is 0.173. The Balaban J connectivity index is 0.000000130. The summed E-state index contributed by atoms with van der Waals surface area (Å²) in [7, 11) is -1.46. The largest absolute Gasteiger partial charge is 0.488 e. The van der Waals surface area contributed by atoms with Gasteiger partial charge in [0.15, 0.2) is 39.7 Å². The van der Waals surface area contributed by atoms with Crippen LogP contribution in [0.4, 0.5) is 23.4 Å². The summed E-state index contributed by atoms with van der Waals surface area (Å²) in [5.74, 6) is 4.37. The van der Waals surface area contributed by atoms with Gasteiger partial charge >= 0.3 is 7.12 Å². The van der Waals surface area contributed by atoms with E-state index in [9.17, 15) is 14.4 Å². The molecule has 0 unspecified atom stereocenters. The minimum atomic E-state index is -1.46. The number of rotatable bonds is 11. The molecule has 110 heavy (non-hydrogen) atoms. The van der Waals surface area contributed by atoms with Gasteiger partial charge in [0.25, 0.3) is 16.7 Å². The standard InChI is InChI=1S/C29H22N6O3.C24H20N2O3.C17H15ClN2O.C7H7BO4.C5H3ClN4/c1-17(33-27-22(31-2)15-32-29(30)34-27)23-13-19-7-6-10-21(18-11-12-24-25(14-18)38-16-37-24)26(19)28(36)35(23)20-8-4-3-5-9-20;1-15(25)20-12-17-6-5-9-19(16-10-11-21-22(13-16)29-14-28-21)23(17)24(27)26(20)18-7-3-2-4-8-18;1-11(19)15-10-12-6-5-9-14(18)16(12)17(21)20(15)13-7-3-2-4-8-13;9-8(10)5-1-2-6-7(3-5)12-4-11-6;6-4-3(1-7)2-9-5(8)10-4/h3-15,17H,16H2,1H3,(H3,30,32,33,34);2-13,15H,14,25H2,1H3;2-11H,19H2,1H3;1-3,9-10H,4H2;2H,(H2,8,9,10)/t17-;15-;11-;;/m000../s1. The maximum Gasteiger partial charge on any atom is 0.488 e. The number of halogens is 2. The number of nitrogen functional groups attached to an aromatic ring is 2. The second kappa shape index (κ2) is 33.1. The Kier molecular flexibility index (Phi) is 22.5. The lowest BCUT2D eigenvalue weighted by Gasteiger charge is -2.22. The number of pyridine rings is 3. The van der Waals surface area contributed by atoms with Crippen LogP contribution in [-0.4, -0.2) is 71.2 Å². The van der Waals surface area contributed by atoms with E-state index in [2.05, 4.69) is 30.1 Å². The predicted molar refractivity (Wildman–Crippen MR) is 425 cm³/mol. The Morgan fingerprint density at radius 1 is 0.509 bits per heavy atom. The van der Waals surface area contributed by atoms with E-state index in [1.165, 1.54) is 12.4 Å². The van der Waals surface area contributed by atoms with Gasteiger partial charge in [-0.1, -0.05) is 145 Å². The molecule has 8 heterocycles. The van der Waals surface area contributed by atoms with Crippen LogP contribution >= 0.6 is 23.2 Å². The molecule has 3 atom stereocenters. The van der Waals surface area contributed by atoms with Crippen molar-refractivity contribution in [2.75, 3.05) is 37.2 Å². The first kappa shape index (κ1) is 74.7. The third kappa shape index (κ3) is 15.9. The van der Waals surface area contributed by atoms with Crippen molar-refractivity contribution in [3.63, 3.8) is 0 Å². The topological polar surface area (TPSA) is 358 Å². The number of hydrogen-bond acceptors (Lipinski definition) is 21. The van der Waals surface area contributed by atoms with E-state index in [0.29, 0.717) is 66.9 Å². The molecule has 11 N–H and O–H groups in total. The molecule has 3 aliphatic heterocycles. The summed E-state index contributed by atoms with van der Waals surface area (Å²) in [5, 5.41) is 34.0. The molecule has 0 saturated heterocycles. The first-order valence-corrected chi connectivity index (χ1v) is 34.9. The molecule has 3 aliphatic rings. The Bertz CT molecular complexity index is 6080. The smallest absolute Gasteiger partial charge is 0.454 e. The Hall–Kier alpha value is -13.6. The number of ether oxygens (including phenoxy) is 6. The third-order valence-corrected chi connectivity index (χ3v) is 18.4. The van der Waals surface area contributed by atoms with Gasteiger partial charge in [0.05, 0.1) is 40.0 Å². The van der Waals surface area contributed by atoms with Crippen molar-refractivity contribution in [2.45, 2.75) is 38.9 Å². The summed E-state index contributed by atoms with van der Waals surface area (Å²) < 4.78 is 37.1. The maximum atomic E-state index is 14.3. The van der Waals surface area contributed by atoms with Gasteiger partial charge < -0.3 is 66.7 Å². The number of nitrogens with one attached hydrogen (secondary N) is 1. The Labute approximate surface area is 638 Å². The lowest BCUT2D eigenvalue weighted by Crippen LogP contribution is -2.29. The number of benzene rings is 9. The van der Waals surface area contributed by atoms with Gasteiger partial charge in [0, 0.05) is 52.4 Å². The van der Waals surface area contributed by atoms with Crippen LogP contribution in [0, 0.1) is 17.9 Å². The molecule has 0 radical (unpaired) electrons. The van der Waals surface area contributed by atoms with E-state index in [-0.39, 0.29) is 77.4 Å². The van der Waals surface area contributed by atoms with Crippen molar-refractivity contribution >= 4 is 91.5 Å². The molecule has 0 saturated carbocycles. The summed E-state index contributed by atoms with van der Waals surface area (Å²) in [4.78, 5) is 59.7. The second-order valence-electron chi connectivity index (χ2n) is 25.1. The van der Waals surface area contributed by atoms with Crippen LogP contribution < -0.4 is 78.8 Å². The van der Waals surface area contributed by atoms with Gasteiger partial charge in [-0.25, -0.2) is 19.8 Å². The number of aromatic nitrogens is 7. The molecule has 14 aromatic rings. The van der Waals surface area contributed by atoms with Gasteiger partial charge in [-0.3, -0.25) is 28.1 Å². The zero-order chi connectivity index (χ0) is 77.3. The Morgan fingerprint density at radius 2 is 0.918 bits per heavy atom. The molecule has 0 bridgehead atoms. The fourth-order valence-corrected chi connectivity index (χ4v) is 13.1. The zero-order valence-electron chi connectivity index (χ0n) is 59.0. The molecule has 0 aliphatic carbocycles. The summed E-state index contributed by atoms with van der Waals surface area (Å²) in [6.07, 6.45) is 2.66. The number of nitrogens with two attached hydrogens (primary N) is 4. The van der Waals surface area contributed by atoms with Crippen LogP contribution in [0.25, 0.3) is 76.5 Å². The SMILES string of the molecule is C[C@H](N)c1cc2cccc(-c3ccc4c(c3)OCO4)c2c(=O)n1-c1ccccc1.C[C@H](N)c1cc2cccc(Cl)c2c(=O)n1-c1ccccc1.N#Cc1cnc(N)nc1Cl.OB(O)c1ccc2c(c1)OCO2.[C-]#[N+]c1cnc(N)nc1N[C@@H](C)c1cc2cccc(-c3ccc4c(c3)OCO4)c2c(=O)n1-c1ccccc1. The minimum absolute atomic E-state index is 0.0550. The number of nitrogens with zero attached hydrogens (tertiary/aromatic N) is 9. The number of fused-ring (bicyclic) bond motifs is 6. The van der Waals surface area contributed by atoms with Crippen LogP contribution in [0.15, 0.2) is 245 Å². The third-order valence-electron chi connectivity index (χ3n) is 17.8. The molecule has 9 aromatic carbocycles. The van der Waals surface area contributed by atoms with Crippen molar-refractivity contribution in [3.8, 4) is 79.9 Å². The van der Waals surface area contributed by atoms with E-state index in [1.54, 1.807) is 38.0 Å². The predicted octanol–water partition coefficient (Wildman–Crippen LogP) is 13.2. The average Bonchev–Trinajstić information content (AvgIpc) is 0.869. The zero-order valence-corrected chi connectivity index (χ0v) is 60.5. The van der Waals surface area contributed by atoms with Crippen LogP contribution in [0.5, 0.6) is 34.5 Å². The van der Waals surface area contributed by atoms with Crippen molar-refractivity contribution in [1.29, 1.82) is 5.26 Å². The molecule has 25 nitrogen and oxygen atoms in total. The number of anilines is 3. The molecular formula is C82H67BCl2N14O11. The first-order valence-electron chi connectivity index (χ1n) is 34.2. The van der Waals surface area contributed by atoms with Crippen molar-refractivity contribution in [1.82, 2.24) is 33.6 Å². The molecule has 548 valence electrons. The van der Waals surface area contributed by atoms with Gasteiger partial charge in [-0.15, -0.1) is 0 Å². The van der Waals surface area contributed by atoms with Crippen molar-refractivity contribution in [2.24, 2.45) is 11.5 Å². The van der Waals surface area contributed by atoms with Crippen LogP contribution in [0.3, 0.4) is 0 Å². The lowest BCUT2D eigenvalue weighted by atomic mass is 9.80. The monoisotopic (exact) mass is 1500 g/mol. The van der Waals surface area contributed by atoms with Gasteiger partial charge in [0.2, 0.25) is 38.0 Å². The molecule has 0 spiro atoms. The summed E-state index contributed by atoms with van der Waals surface area (Å²) >= 11 is 11.7. The average molecular weight is 1510 g/mol. The highest BCUT2D eigenvalue weighted by molar-refractivity contribution is 6.58. The highest BCUT2D eigenvalue weighted by atomic mass is 35.5. The molecule has 17 rings (SSSR count). The number of hydrogen-bond donors (Lipinski definition) is 7. The van der Waals surface area contributed by atoms with E-state index >= 15 is 0 Å². The number of nitriles is 1. The summed E-state index contributed by atoms with van der Waals surface area (Å²) in [5.41, 5.74) is 31.7. The quantitative estimate of drug-likeness (QED) is 0.0359. The van der Waals surface area contributed by atoms with Crippen LogP contribution in [0.1, 0.15) is 61.5 Å². The highest BCUT2D eigenvalue weighted by Crippen LogP contribution is 2.41. The van der Waals surface area contributed by atoms with E-state index in [1.807, 2.05) is 221 Å². The van der Waals surface area contributed by atoms with Crippen LogP contribution in [-0.2, 0) is 0 Å². The van der Waals surface area contributed by atoms with E-state index in [4.69, 9.17) is 96.4 Å². The number of para-hydroxylation sites is 3. The maximum absolute atomic E-state index is 14.3. The fourth-order valence-electron chi connectivity index (χ4n) is 12.6. The van der Waals surface area contributed by atoms with Gasteiger partial charge in [0.1, 0.15) is 17.5 Å². The molecule has 0 amide bonds. The summed E-state index contributed by atoms with van der Waals surface area (Å²) in [6.45, 7) is 13.7. The molecular weight excluding hydrogens is 1440 g/mol. The molecule has 5 aromatic heterocycles. The van der Waals surface area contributed by atoms with Gasteiger partial charge in [-0.05, 0) is 162 Å². The van der Waals surface area contributed by atoms with E-state index in [0.717, 1.165) is 72.6 Å². The molecule has 0 fully saturated rings. The summed E-state index contributed by atoms with van der Waals surface area (Å²) in [6, 6.07) is 68.6.